The third-order valence-corrected chi connectivity index (χ3v) is 1.46. The van der Waals surface area contributed by atoms with Crippen LogP contribution in [0.3, 0.4) is 0 Å². The van der Waals surface area contributed by atoms with Crippen molar-refractivity contribution in [2.75, 3.05) is 39.7 Å². The van der Waals surface area contributed by atoms with Gasteiger partial charge >= 0.3 is 0 Å². The fraction of sp³-hybridized carbons (Fsp3) is 0.818. The van der Waals surface area contributed by atoms with E-state index >= 15 is 0 Å². The highest BCUT2D eigenvalue weighted by Gasteiger charge is 2.01. The number of nitrogens with zero attached hydrogens (tertiary/aromatic N) is 3. The van der Waals surface area contributed by atoms with Crippen LogP contribution in [0.4, 0.5) is 0 Å². The molecule has 0 rings (SSSR count). The summed E-state index contributed by atoms with van der Waals surface area (Å²) in [5.41, 5.74) is 0. The summed E-state index contributed by atoms with van der Waals surface area (Å²) in [4.78, 5) is 20.4. The quantitative estimate of drug-likeness (QED) is 0.548. The molecule has 0 aromatic rings. The van der Waals surface area contributed by atoms with E-state index in [4.69, 9.17) is 0 Å². The Hall–Kier alpha value is -1.00. The van der Waals surface area contributed by atoms with E-state index in [1.807, 2.05) is 6.92 Å². The smallest absolute Gasteiger partial charge is 0.222 e. The molecular formula is C11H23N3O2S. The monoisotopic (exact) mass is 261 g/mol. The minimum atomic E-state index is -0.611. The first-order chi connectivity index (χ1) is 7.91. The molecule has 6 heteroatoms. The molecule has 0 aliphatic carbocycles. The highest BCUT2D eigenvalue weighted by Crippen LogP contribution is 1.92. The summed E-state index contributed by atoms with van der Waals surface area (Å²) in [5, 5.41) is 0. The summed E-state index contributed by atoms with van der Waals surface area (Å²) >= 11 is 0. The molecule has 0 heterocycles. The Bertz CT molecular complexity index is 280. The number of aliphatic imine (C=N–C) groups is 2. The maximum absolute atomic E-state index is 11.1. The predicted molar refractivity (Wildman–Crippen MR) is 73.2 cm³/mol. The molecule has 0 unspecified atom stereocenters. The van der Waals surface area contributed by atoms with Gasteiger partial charge in [0.1, 0.15) is 0 Å². The van der Waals surface area contributed by atoms with E-state index in [0.29, 0.717) is 19.5 Å². The van der Waals surface area contributed by atoms with E-state index in [2.05, 4.69) is 16.0 Å². The van der Waals surface area contributed by atoms with Crippen LogP contribution in [0.25, 0.3) is 0 Å². The van der Waals surface area contributed by atoms with Crippen molar-refractivity contribution < 1.29 is 9.00 Å². The first kappa shape index (κ1) is 18.4. The molecule has 0 saturated carbocycles. The van der Waals surface area contributed by atoms with Crippen molar-refractivity contribution in [1.29, 1.82) is 0 Å². The van der Waals surface area contributed by atoms with Crippen molar-refractivity contribution in [3.05, 3.63) is 0 Å². The van der Waals surface area contributed by atoms with E-state index in [0.717, 1.165) is 6.42 Å². The zero-order valence-electron chi connectivity index (χ0n) is 11.4. The Morgan fingerprint density at radius 3 is 2.24 bits per heavy atom. The summed E-state index contributed by atoms with van der Waals surface area (Å²) in [7, 11) is 2.90. The van der Waals surface area contributed by atoms with E-state index in [9.17, 15) is 9.00 Å². The number of hydrogen-bond acceptors (Lipinski definition) is 4. The van der Waals surface area contributed by atoms with E-state index in [1.54, 1.807) is 31.5 Å². The van der Waals surface area contributed by atoms with E-state index < -0.39 is 10.8 Å². The third kappa shape index (κ3) is 21.0. The highest BCUT2D eigenvalue weighted by molar-refractivity contribution is 7.83. The lowest BCUT2D eigenvalue weighted by atomic mass is 10.3. The van der Waals surface area contributed by atoms with Crippen LogP contribution in [-0.4, -0.2) is 60.7 Å². The average molecular weight is 261 g/mol. The maximum Gasteiger partial charge on any atom is 0.222 e. The molecule has 100 valence electrons. The first-order valence-corrected chi connectivity index (χ1v) is 7.41. The largest absolute Gasteiger partial charge is 0.349 e. The summed E-state index contributed by atoms with van der Waals surface area (Å²) in [5.74, 6) is 0.141. The van der Waals surface area contributed by atoms with Crippen LogP contribution in [-0.2, 0) is 15.6 Å². The second-order valence-electron chi connectivity index (χ2n) is 3.59. The number of rotatable bonds is 5. The van der Waals surface area contributed by atoms with Gasteiger partial charge in [-0.15, -0.1) is 0 Å². The van der Waals surface area contributed by atoms with Gasteiger partial charge < -0.3 is 4.90 Å². The van der Waals surface area contributed by atoms with Crippen molar-refractivity contribution in [1.82, 2.24) is 4.90 Å². The second-order valence-corrected chi connectivity index (χ2v) is 5.07. The van der Waals surface area contributed by atoms with Crippen molar-refractivity contribution in [2.24, 2.45) is 9.98 Å². The van der Waals surface area contributed by atoms with Gasteiger partial charge in [-0.3, -0.25) is 9.00 Å². The summed E-state index contributed by atoms with van der Waals surface area (Å²) in [6.45, 7) is 3.27. The molecule has 0 aromatic heterocycles. The molecule has 5 nitrogen and oxygen atoms in total. The van der Waals surface area contributed by atoms with Crippen LogP contribution in [0, 0.1) is 0 Å². The van der Waals surface area contributed by atoms with Crippen LogP contribution in [0.15, 0.2) is 9.98 Å². The van der Waals surface area contributed by atoms with Crippen molar-refractivity contribution in [3.63, 3.8) is 0 Å². The maximum atomic E-state index is 11.1. The third-order valence-electron chi connectivity index (χ3n) is 1.46. The topological polar surface area (TPSA) is 62.1 Å². The molecule has 0 saturated heterocycles. The van der Waals surface area contributed by atoms with Gasteiger partial charge in [-0.05, 0) is 13.3 Å². The average Bonchev–Trinajstić information content (AvgIpc) is 2.21. The Labute approximate surface area is 106 Å². The minimum absolute atomic E-state index is 0.141. The Balaban J connectivity index is 0. The Kier molecular flexibility index (Phi) is 14.1. The standard InChI is InChI=1S/C9H17N3O.C2H6OS/c1-4-10-8-11-7-5-6-9(13)12(2)3;1-4(2)3/h4-7H2,1-3H3;1-2H3. The van der Waals surface area contributed by atoms with Crippen LogP contribution >= 0.6 is 0 Å². The van der Waals surface area contributed by atoms with Gasteiger partial charge in [0.25, 0.3) is 0 Å². The van der Waals surface area contributed by atoms with Crippen molar-refractivity contribution in [2.45, 2.75) is 19.8 Å². The highest BCUT2D eigenvalue weighted by atomic mass is 32.2. The summed E-state index contributed by atoms with van der Waals surface area (Å²) in [6, 6.07) is 2.56. The van der Waals surface area contributed by atoms with Crippen LogP contribution < -0.4 is 0 Å². The molecule has 0 N–H and O–H groups in total. The number of carbonyl (C=O) groups excluding carboxylic acids is 1. The summed E-state index contributed by atoms with van der Waals surface area (Å²) < 4.78 is 9.56. The second kappa shape index (κ2) is 13.1. The lowest BCUT2D eigenvalue weighted by Gasteiger charge is -2.08. The van der Waals surface area contributed by atoms with Gasteiger partial charge in [-0.25, -0.2) is 9.98 Å². The molecule has 17 heavy (non-hydrogen) atoms. The molecular weight excluding hydrogens is 238 g/mol. The molecule has 1 amide bonds. The SMILES string of the molecule is CCN=C=NCCCC(=O)N(C)C.CS(C)=O. The van der Waals surface area contributed by atoms with Crippen molar-refractivity contribution in [3.8, 4) is 0 Å². The van der Waals surface area contributed by atoms with Crippen LogP contribution in [0.5, 0.6) is 0 Å². The zero-order valence-corrected chi connectivity index (χ0v) is 12.2. The van der Waals surface area contributed by atoms with E-state index in [-0.39, 0.29) is 5.91 Å². The summed E-state index contributed by atoms with van der Waals surface area (Å²) in [6.07, 6.45) is 4.59. The van der Waals surface area contributed by atoms with Gasteiger partial charge in [0.05, 0.1) is 12.6 Å². The van der Waals surface area contributed by atoms with E-state index in [1.165, 1.54) is 0 Å². The minimum Gasteiger partial charge on any atom is -0.349 e. The molecule has 0 aromatic carbocycles. The molecule has 0 bridgehead atoms. The lowest BCUT2D eigenvalue weighted by molar-refractivity contribution is -0.128. The Morgan fingerprint density at radius 1 is 1.29 bits per heavy atom. The lowest BCUT2D eigenvalue weighted by Crippen LogP contribution is -2.21. The normalized spacial score (nSPS) is 8.82. The van der Waals surface area contributed by atoms with Crippen LogP contribution in [0.1, 0.15) is 19.8 Å². The molecule has 0 atom stereocenters. The fourth-order valence-electron chi connectivity index (χ4n) is 0.704. The zero-order chi connectivity index (χ0) is 13.7. The molecule has 0 aliphatic heterocycles. The number of amides is 1. The van der Waals surface area contributed by atoms with Gasteiger partial charge in [-0.1, -0.05) is 0 Å². The first-order valence-electron chi connectivity index (χ1n) is 5.45. The molecule has 0 spiro atoms. The van der Waals surface area contributed by atoms with Gasteiger partial charge in [0.2, 0.25) is 5.91 Å². The molecule has 0 fully saturated rings. The predicted octanol–water partition coefficient (Wildman–Crippen LogP) is 1.04. The molecule has 0 radical (unpaired) electrons. The fourth-order valence-corrected chi connectivity index (χ4v) is 0.704. The number of hydrogen-bond donors (Lipinski definition) is 0. The van der Waals surface area contributed by atoms with Gasteiger partial charge in [0, 0.05) is 50.4 Å². The van der Waals surface area contributed by atoms with Gasteiger partial charge in [0.15, 0.2) is 0 Å². The van der Waals surface area contributed by atoms with Crippen LogP contribution in [0.2, 0.25) is 0 Å². The Morgan fingerprint density at radius 2 is 1.82 bits per heavy atom. The molecule has 0 aliphatic rings. The van der Waals surface area contributed by atoms with Crippen molar-refractivity contribution >= 4 is 22.7 Å². The number of carbonyl (C=O) groups is 1. The van der Waals surface area contributed by atoms with Gasteiger partial charge in [-0.2, -0.15) is 0 Å².